The Kier molecular flexibility index (Phi) is 6.77. The normalized spacial score (nSPS) is 13.0. The van der Waals surface area contributed by atoms with E-state index in [1.54, 1.807) is 20.8 Å². The van der Waals surface area contributed by atoms with Crippen LogP contribution in [0.4, 0.5) is 10.5 Å². The average molecular weight is 401 g/mol. The number of fused-ring (bicyclic) bond motifs is 1. The molecule has 0 radical (unpaired) electrons. The van der Waals surface area contributed by atoms with Gasteiger partial charge in [0, 0.05) is 17.1 Å². The average Bonchev–Trinajstić information content (AvgIpc) is 2.54. The second-order valence-electron chi connectivity index (χ2n) is 9.20. The fraction of sp³-hybridized carbons (Fsp3) is 0.478. The summed E-state index contributed by atoms with van der Waals surface area (Å²) in [7, 11) is 0. The highest BCUT2D eigenvalue weighted by Crippen LogP contribution is 2.26. The number of rotatable bonds is 5. The number of hydrogen-bond acceptors (Lipinski definition) is 5. The Morgan fingerprint density at radius 2 is 1.52 bits per heavy atom. The van der Waals surface area contributed by atoms with Gasteiger partial charge in [0.1, 0.15) is 11.2 Å². The van der Waals surface area contributed by atoms with Gasteiger partial charge in [-0.2, -0.15) is 0 Å². The minimum Gasteiger partial charge on any atom is -0.460 e. The van der Waals surface area contributed by atoms with Gasteiger partial charge < -0.3 is 20.5 Å². The van der Waals surface area contributed by atoms with Gasteiger partial charge in [0.05, 0.1) is 6.42 Å². The number of carbonyl (C=O) groups excluding carboxylic acids is 2. The zero-order chi connectivity index (χ0) is 21.8. The molecule has 0 heterocycles. The number of esters is 1. The Labute approximate surface area is 172 Å². The van der Waals surface area contributed by atoms with Gasteiger partial charge in [0.25, 0.3) is 0 Å². The third-order valence-electron chi connectivity index (χ3n) is 4.07. The Morgan fingerprint density at radius 3 is 2.10 bits per heavy atom. The van der Waals surface area contributed by atoms with Crippen molar-refractivity contribution < 1.29 is 19.1 Å². The number of carbonyl (C=O) groups is 2. The fourth-order valence-electron chi connectivity index (χ4n) is 3.06. The van der Waals surface area contributed by atoms with E-state index in [9.17, 15) is 9.59 Å². The van der Waals surface area contributed by atoms with Crippen LogP contribution in [0.5, 0.6) is 0 Å². The number of nitrogen functional groups attached to an aromatic ring is 1. The SMILES string of the molecule is CC(C)(C)OC(=O)C[C@H](Cc1ccc(N)c2ccccc12)NC(=O)OC(C)(C)C. The van der Waals surface area contributed by atoms with E-state index in [-0.39, 0.29) is 12.4 Å². The highest BCUT2D eigenvalue weighted by atomic mass is 16.6. The van der Waals surface area contributed by atoms with Crippen molar-refractivity contribution in [1.29, 1.82) is 0 Å². The van der Waals surface area contributed by atoms with Crippen molar-refractivity contribution in [2.75, 3.05) is 5.73 Å². The molecule has 0 bridgehead atoms. The van der Waals surface area contributed by atoms with Crippen LogP contribution >= 0.6 is 0 Å². The van der Waals surface area contributed by atoms with Crippen molar-refractivity contribution in [3.05, 3.63) is 42.0 Å². The first-order valence-electron chi connectivity index (χ1n) is 9.81. The van der Waals surface area contributed by atoms with Crippen LogP contribution in [0.15, 0.2) is 36.4 Å². The van der Waals surface area contributed by atoms with Crippen molar-refractivity contribution >= 4 is 28.5 Å². The molecule has 0 fully saturated rings. The lowest BCUT2D eigenvalue weighted by molar-refractivity contribution is -0.155. The summed E-state index contributed by atoms with van der Waals surface area (Å²) in [5.41, 5.74) is 6.54. The van der Waals surface area contributed by atoms with Gasteiger partial charge in [-0.05, 0) is 65.0 Å². The van der Waals surface area contributed by atoms with E-state index >= 15 is 0 Å². The van der Waals surface area contributed by atoms with E-state index in [1.807, 2.05) is 57.2 Å². The van der Waals surface area contributed by atoms with E-state index < -0.39 is 23.3 Å². The summed E-state index contributed by atoms with van der Waals surface area (Å²) in [5.74, 6) is -0.377. The lowest BCUT2D eigenvalue weighted by Gasteiger charge is -2.25. The van der Waals surface area contributed by atoms with Crippen LogP contribution in [0.25, 0.3) is 10.8 Å². The highest BCUT2D eigenvalue weighted by molar-refractivity contribution is 5.95. The summed E-state index contributed by atoms with van der Waals surface area (Å²) >= 11 is 0. The topological polar surface area (TPSA) is 90.6 Å². The summed E-state index contributed by atoms with van der Waals surface area (Å²) in [6.07, 6.45) is -0.0834. The summed E-state index contributed by atoms with van der Waals surface area (Å²) < 4.78 is 10.8. The first-order valence-corrected chi connectivity index (χ1v) is 9.81. The van der Waals surface area contributed by atoms with Crippen LogP contribution in [0, 0.1) is 0 Å². The predicted octanol–water partition coefficient (Wildman–Crippen LogP) is 4.59. The summed E-state index contributed by atoms with van der Waals surface area (Å²) in [6, 6.07) is 11.1. The minimum atomic E-state index is -0.631. The second-order valence-corrected chi connectivity index (χ2v) is 9.20. The van der Waals surface area contributed by atoms with Gasteiger partial charge in [-0.1, -0.05) is 30.3 Å². The number of benzene rings is 2. The highest BCUT2D eigenvalue weighted by Gasteiger charge is 2.25. The molecule has 2 rings (SSSR count). The zero-order valence-corrected chi connectivity index (χ0v) is 18.2. The van der Waals surface area contributed by atoms with E-state index in [1.165, 1.54) is 0 Å². The smallest absolute Gasteiger partial charge is 0.407 e. The molecule has 3 N–H and O–H groups in total. The van der Waals surface area contributed by atoms with Gasteiger partial charge in [-0.25, -0.2) is 4.79 Å². The molecule has 2 aromatic carbocycles. The Hall–Kier alpha value is -2.76. The molecular weight excluding hydrogens is 368 g/mol. The summed E-state index contributed by atoms with van der Waals surface area (Å²) in [5, 5.41) is 4.76. The monoisotopic (exact) mass is 400 g/mol. The Morgan fingerprint density at radius 1 is 0.931 bits per heavy atom. The molecule has 0 saturated heterocycles. The molecule has 0 aliphatic heterocycles. The molecule has 1 atom stereocenters. The third-order valence-corrected chi connectivity index (χ3v) is 4.07. The van der Waals surface area contributed by atoms with Crippen LogP contribution in [0.2, 0.25) is 0 Å². The second kappa shape index (κ2) is 8.72. The van der Waals surface area contributed by atoms with Gasteiger partial charge in [-0.15, -0.1) is 0 Å². The Bertz CT molecular complexity index is 849. The molecule has 6 heteroatoms. The maximum Gasteiger partial charge on any atom is 0.407 e. The summed E-state index contributed by atoms with van der Waals surface area (Å²) in [6.45, 7) is 10.8. The third kappa shape index (κ3) is 7.29. The number of amides is 1. The van der Waals surface area contributed by atoms with E-state index in [0.717, 1.165) is 16.3 Å². The maximum atomic E-state index is 12.4. The van der Waals surface area contributed by atoms with E-state index in [4.69, 9.17) is 15.2 Å². The van der Waals surface area contributed by atoms with E-state index in [2.05, 4.69) is 5.32 Å². The van der Waals surface area contributed by atoms with Gasteiger partial charge in [0.2, 0.25) is 0 Å². The molecule has 2 aromatic rings. The molecule has 0 aromatic heterocycles. The number of anilines is 1. The van der Waals surface area contributed by atoms with Gasteiger partial charge in [0.15, 0.2) is 0 Å². The fourth-order valence-corrected chi connectivity index (χ4v) is 3.06. The molecule has 0 aliphatic carbocycles. The number of hydrogen-bond donors (Lipinski definition) is 2. The van der Waals surface area contributed by atoms with Gasteiger partial charge >= 0.3 is 12.1 Å². The number of ether oxygens (including phenoxy) is 2. The van der Waals surface area contributed by atoms with Crippen LogP contribution < -0.4 is 11.1 Å². The number of nitrogens with two attached hydrogens (primary N) is 1. The lowest BCUT2D eigenvalue weighted by atomic mass is 9.96. The molecular formula is C23H32N2O4. The minimum absolute atomic E-state index is 0.0369. The van der Waals surface area contributed by atoms with Crippen molar-refractivity contribution in [2.45, 2.75) is 71.6 Å². The van der Waals surface area contributed by atoms with Crippen LogP contribution in [0.1, 0.15) is 53.5 Å². The van der Waals surface area contributed by atoms with Gasteiger partial charge in [-0.3, -0.25) is 4.79 Å². The molecule has 29 heavy (non-hydrogen) atoms. The van der Waals surface area contributed by atoms with Crippen molar-refractivity contribution in [3.8, 4) is 0 Å². The number of nitrogens with one attached hydrogen (secondary N) is 1. The quantitative estimate of drug-likeness (QED) is 0.566. The molecule has 0 unspecified atom stereocenters. The first kappa shape index (κ1) is 22.5. The van der Waals surface area contributed by atoms with E-state index in [0.29, 0.717) is 12.1 Å². The largest absolute Gasteiger partial charge is 0.460 e. The molecule has 158 valence electrons. The van der Waals surface area contributed by atoms with Crippen molar-refractivity contribution in [2.24, 2.45) is 0 Å². The van der Waals surface area contributed by atoms with Crippen molar-refractivity contribution in [3.63, 3.8) is 0 Å². The molecule has 0 spiro atoms. The molecule has 0 aliphatic rings. The predicted molar refractivity (Wildman–Crippen MR) is 116 cm³/mol. The lowest BCUT2D eigenvalue weighted by Crippen LogP contribution is -2.42. The summed E-state index contributed by atoms with van der Waals surface area (Å²) in [4.78, 5) is 24.7. The molecule has 1 amide bonds. The van der Waals surface area contributed by atoms with Crippen LogP contribution in [-0.2, 0) is 20.7 Å². The van der Waals surface area contributed by atoms with Crippen LogP contribution in [-0.4, -0.2) is 29.3 Å². The molecule has 6 nitrogen and oxygen atoms in total. The van der Waals surface area contributed by atoms with Crippen molar-refractivity contribution in [1.82, 2.24) is 5.32 Å². The first-order chi connectivity index (χ1) is 13.3. The maximum absolute atomic E-state index is 12.4. The zero-order valence-electron chi connectivity index (χ0n) is 18.2. The molecule has 0 saturated carbocycles. The number of alkyl carbamates (subject to hydrolysis) is 1. The Balaban J connectivity index is 2.26. The standard InChI is InChI=1S/C23H32N2O4/c1-22(2,3)28-20(26)14-16(25-21(27)29-23(4,5)6)13-15-11-12-19(24)18-10-8-7-9-17(15)18/h7-12,16H,13-14,24H2,1-6H3,(H,25,27)/t16-/m0/s1. The van der Waals surface area contributed by atoms with Crippen LogP contribution in [0.3, 0.4) is 0 Å².